The number of nitrogens with one attached hydrogen (secondary N) is 1. The molecule has 0 aliphatic carbocycles. The van der Waals surface area contributed by atoms with Gasteiger partial charge in [-0.3, -0.25) is 0 Å². The molecule has 20 heavy (non-hydrogen) atoms. The van der Waals surface area contributed by atoms with E-state index in [0.29, 0.717) is 5.67 Å². The highest BCUT2D eigenvalue weighted by atomic mass is 28.3. The summed E-state index contributed by atoms with van der Waals surface area (Å²) in [7, 11) is 0.317. The third kappa shape index (κ3) is 3.64. The van der Waals surface area contributed by atoms with Crippen LogP contribution in [-0.2, 0) is 0 Å². The van der Waals surface area contributed by atoms with E-state index in [2.05, 4.69) is 67.4 Å². The van der Waals surface area contributed by atoms with Crippen LogP contribution in [0.3, 0.4) is 0 Å². The molecule has 2 rings (SSSR count). The Bertz CT molecular complexity index is 531. The second-order valence-electron chi connectivity index (χ2n) is 6.08. The maximum Gasteiger partial charge on any atom is 0.119 e. The molecule has 106 valence electrons. The number of hydrogen-bond acceptors (Lipinski definition) is 2. The quantitative estimate of drug-likeness (QED) is 0.802. The fraction of sp³-hybridized carbons (Fsp3) is 0.294. The van der Waals surface area contributed by atoms with Gasteiger partial charge in [0.05, 0.1) is 15.2 Å². The zero-order valence-corrected chi connectivity index (χ0v) is 13.7. The first-order valence-electron chi connectivity index (χ1n) is 6.96. The lowest BCUT2D eigenvalue weighted by Gasteiger charge is -2.31. The molecular formula is C17H23NOSi. The number of benzene rings is 2. The Morgan fingerprint density at radius 2 is 1.50 bits per heavy atom. The van der Waals surface area contributed by atoms with Crippen molar-refractivity contribution in [2.75, 3.05) is 12.4 Å². The Labute approximate surface area is 122 Å². The van der Waals surface area contributed by atoms with Crippen molar-refractivity contribution in [3.05, 3.63) is 60.2 Å². The molecule has 0 bridgehead atoms. The maximum absolute atomic E-state index is 5.21. The van der Waals surface area contributed by atoms with Crippen LogP contribution >= 0.6 is 0 Å². The summed E-state index contributed by atoms with van der Waals surface area (Å²) in [4.78, 5) is 0. The summed E-state index contributed by atoms with van der Waals surface area (Å²) in [5, 5.41) is 3.69. The first-order chi connectivity index (χ1) is 9.50. The fourth-order valence-corrected chi connectivity index (χ4v) is 4.09. The number of ether oxygens (including phenoxy) is 1. The minimum absolute atomic E-state index is 0.400. The van der Waals surface area contributed by atoms with E-state index in [1.54, 1.807) is 7.11 Å². The Hall–Kier alpha value is -1.74. The van der Waals surface area contributed by atoms with Gasteiger partial charge in [-0.2, -0.15) is 0 Å². The molecule has 0 aliphatic heterocycles. The van der Waals surface area contributed by atoms with Crippen molar-refractivity contribution in [3.8, 4) is 5.75 Å². The molecule has 3 heteroatoms. The molecule has 0 fully saturated rings. The second kappa shape index (κ2) is 6.14. The molecule has 2 aromatic carbocycles. The monoisotopic (exact) mass is 285 g/mol. The Morgan fingerprint density at radius 1 is 0.900 bits per heavy atom. The minimum atomic E-state index is -1.37. The molecular weight excluding hydrogens is 262 g/mol. The van der Waals surface area contributed by atoms with Crippen LogP contribution in [0.5, 0.6) is 5.75 Å². The first-order valence-corrected chi connectivity index (χ1v) is 10.5. The molecule has 0 amide bonds. The van der Waals surface area contributed by atoms with Crippen LogP contribution in [0.4, 0.5) is 5.69 Å². The van der Waals surface area contributed by atoms with Crippen LogP contribution in [0, 0.1) is 0 Å². The van der Waals surface area contributed by atoms with Crippen molar-refractivity contribution >= 4 is 13.8 Å². The summed E-state index contributed by atoms with van der Waals surface area (Å²) in [6, 6.07) is 18.8. The Kier molecular flexibility index (Phi) is 4.50. The Balaban J connectivity index is 2.24. The van der Waals surface area contributed by atoms with E-state index in [1.165, 1.54) is 5.56 Å². The zero-order chi connectivity index (χ0) is 14.6. The van der Waals surface area contributed by atoms with Crippen LogP contribution in [0.1, 0.15) is 11.2 Å². The van der Waals surface area contributed by atoms with Crippen LogP contribution in [0.25, 0.3) is 0 Å². The molecule has 2 nitrogen and oxygen atoms in total. The Morgan fingerprint density at radius 3 is 2.00 bits per heavy atom. The lowest BCUT2D eigenvalue weighted by Crippen LogP contribution is -2.36. The molecule has 0 saturated heterocycles. The molecule has 0 aliphatic rings. The number of methoxy groups -OCH3 is 1. The lowest BCUT2D eigenvalue weighted by molar-refractivity contribution is 0.415. The third-order valence-corrected chi connectivity index (χ3v) is 5.61. The maximum atomic E-state index is 5.21. The average molecular weight is 285 g/mol. The van der Waals surface area contributed by atoms with Crippen molar-refractivity contribution in [2.24, 2.45) is 0 Å². The van der Waals surface area contributed by atoms with Crippen LogP contribution in [-0.4, -0.2) is 15.2 Å². The van der Waals surface area contributed by atoms with Gasteiger partial charge in [0.1, 0.15) is 5.75 Å². The highest BCUT2D eigenvalue weighted by Gasteiger charge is 2.28. The second-order valence-corrected chi connectivity index (χ2v) is 11.4. The molecule has 0 spiro atoms. The normalized spacial score (nSPS) is 12.8. The van der Waals surface area contributed by atoms with Crippen molar-refractivity contribution in [3.63, 3.8) is 0 Å². The van der Waals surface area contributed by atoms with Gasteiger partial charge >= 0.3 is 0 Å². The van der Waals surface area contributed by atoms with Crippen LogP contribution in [0.2, 0.25) is 19.6 Å². The van der Waals surface area contributed by atoms with Gasteiger partial charge < -0.3 is 10.1 Å². The van der Waals surface area contributed by atoms with E-state index in [4.69, 9.17) is 4.74 Å². The molecule has 1 unspecified atom stereocenters. The largest absolute Gasteiger partial charge is 0.497 e. The smallest absolute Gasteiger partial charge is 0.119 e. The molecule has 2 aromatic rings. The van der Waals surface area contributed by atoms with Gasteiger partial charge in [-0.15, -0.1) is 0 Å². The summed E-state index contributed by atoms with van der Waals surface area (Å²) in [6.45, 7) is 7.17. The summed E-state index contributed by atoms with van der Waals surface area (Å²) in [5.41, 5.74) is 2.90. The number of rotatable bonds is 5. The van der Waals surface area contributed by atoms with E-state index in [0.717, 1.165) is 11.4 Å². The standard InChI is InChI=1S/C17H23NOSi/c1-19-16-12-10-15(11-13-16)18-17(20(2,3)4)14-8-6-5-7-9-14/h5-13,17-18H,1-4H3. The number of hydrogen-bond donors (Lipinski definition) is 1. The fourth-order valence-electron chi connectivity index (χ4n) is 2.30. The molecule has 0 aromatic heterocycles. The highest BCUT2D eigenvalue weighted by Crippen LogP contribution is 2.29. The van der Waals surface area contributed by atoms with Crippen molar-refractivity contribution < 1.29 is 4.74 Å². The van der Waals surface area contributed by atoms with Crippen LogP contribution in [0.15, 0.2) is 54.6 Å². The third-order valence-electron chi connectivity index (χ3n) is 3.40. The molecule has 0 radical (unpaired) electrons. The van der Waals surface area contributed by atoms with E-state index in [9.17, 15) is 0 Å². The van der Waals surface area contributed by atoms with Crippen molar-refractivity contribution in [1.29, 1.82) is 0 Å². The molecule has 1 atom stereocenters. The zero-order valence-electron chi connectivity index (χ0n) is 12.7. The van der Waals surface area contributed by atoms with Crippen molar-refractivity contribution in [2.45, 2.75) is 25.3 Å². The molecule has 0 saturated carbocycles. The highest BCUT2D eigenvalue weighted by molar-refractivity contribution is 6.77. The predicted octanol–water partition coefficient (Wildman–Crippen LogP) is 4.73. The minimum Gasteiger partial charge on any atom is -0.497 e. The van der Waals surface area contributed by atoms with E-state index >= 15 is 0 Å². The van der Waals surface area contributed by atoms with Gasteiger partial charge in [0, 0.05) is 11.4 Å². The summed E-state index contributed by atoms with van der Waals surface area (Å²) in [6.07, 6.45) is 0. The average Bonchev–Trinajstić information content (AvgIpc) is 2.45. The van der Waals surface area contributed by atoms with Gasteiger partial charge in [0.15, 0.2) is 0 Å². The van der Waals surface area contributed by atoms with E-state index in [1.807, 2.05) is 12.1 Å². The summed E-state index contributed by atoms with van der Waals surface area (Å²) >= 11 is 0. The first kappa shape index (κ1) is 14.7. The van der Waals surface area contributed by atoms with Gasteiger partial charge in [0.25, 0.3) is 0 Å². The molecule has 1 N–H and O–H groups in total. The SMILES string of the molecule is COc1ccc(NC(c2ccccc2)[Si](C)(C)C)cc1. The number of anilines is 1. The van der Waals surface area contributed by atoms with Gasteiger partial charge in [0.2, 0.25) is 0 Å². The van der Waals surface area contributed by atoms with Crippen LogP contribution < -0.4 is 10.1 Å². The van der Waals surface area contributed by atoms with Gasteiger partial charge in [-0.25, -0.2) is 0 Å². The van der Waals surface area contributed by atoms with E-state index < -0.39 is 8.07 Å². The predicted molar refractivity (Wildman–Crippen MR) is 89.1 cm³/mol. The van der Waals surface area contributed by atoms with Gasteiger partial charge in [-0.1, -0.05) is 50.0 Å². The summed E-state index contributed by atoms with van der Waals surface area (Å²) in [5.74, 6) is 0.889. The molecule has 0 heterocycles. The van der Waals surface area contributed by atoms with E-state index in [-0.39, 0.29) is 0 Å². The van der Waals surface area contributed by atoms with Crippen molar-refractivity contribution in [1.82, 2.24) is 0 Å². The summed E-state index contributed by atoms with van der Waals surface area (Å²) < 4.78 is 5.21. The van der Waals surface area contributed by atoms with Gasteiger partial charge in [-0.05, 0) is 29.8 Å². The lowest BCUT2D eigenvalue weighted by atomic mass is 10.2. The topological polar surface area (TPSA) is 21.3 Å².